The Morgan fingerprint density at radius 1 is 1.90 bits per heavy atom. The van der Waals surface area contributed by atoms with Gasteiger partial charge in [0.1, 0.15) is 6.17 Å². The fourth-order valence-electron chi connectivity index (χ4n) is 0.540. The van der Waals surface area contributed by atoms with E-state index < -0.39 is 12.4 Å². The van der Waals surface area contributed by atoms with E-state index in [1.54, 1.807) is 0 Å². The number of hydrogen-bond acceptors (Lipinski definition) is 7. The van der Waals surface area contributed by atoms with Crippen molar-refractivity contribution in [2.24, 2.45) is 16.1 Å². The second-order valence-corrected chi connectivity index (χ2v) is 1.68. The summed E-state index contributed by atoms with van der Waals surface area (Å²) in [6.07, 6.45) is -1.80. The molecule has 0 aromatic carbocycles. The zero-order valence-electron chi connectivity index (χ0n) is 4.89. The fraction of sp³-hybridized carbons (Fsp3) is 0.667. The summed E-state index contributed by atoms with van der Waals surface area (Å²) in [5, 5.41) is 13.2. The Labute approximate surface area is 55.8 Å². The Kier molecular flexibility index (Phi) is 1.78. The number of aliphatic imine (C=N–C) groups is 1. The molecule has 4 N–H and O–H groups in total. The number of hydrogen-bond donors (Lipinski definition) is 3. The van der Waals surface area contributed by atoms with E-state index in [4.69, 9.17) is 10.8 Å². The van der Waals surface area contributed by atoms with Crippen molar-refractivity contribution in [3.63, 3.8) is 0 Å². The van der Waals surface area contributed by atoms with Crippen LogP contribution in [0.25, 0.3) is 0 Å². The van der Waals surface area contributed by atoms with Crippen LogP contribution in [-0.2, 0) is 4.84 Å². The lowest BCUT2D eigenvalue weighted by atomic mass is 10.5. The van der Waals surface area contributed by atoms with Gasteiger partial charge >= 0.3 is 6.02 Å². The summed E-state index contributed by atoms with van der Waals surface area (Å²) in [7, 11) is 0. The Hall–Kier alpha value is -1.21. The highest BCUT2D eigenvalue weighted by Crippen LogP contribution is 1.99. The van der Waals surface area contributed by atoms with Gasteiger partial charge in [0.05, 0.1) is 0 Å². The lowest BCUT2D eigenvalue weighted by Crippen LogP contribution is -2.42. The molecule has 0 amide bonds. The van der Waals surface area contributed by atoms with Gasteiger partial charge in [0.15, 0.2) is 11.6 Å². The maximum Gasteiger partial charge on any atom is 0.322 e. The summed E-state index contributed by atoms with van der Waals surface area (Å²) >= 11 is 0. The topological polar surface area (TPSA) is 109 Å². The van der Waals surface area contributed by atoms with Gasteiger partial charge in [-0.05, 0) is 0 Å². The third kappa shape index (κ3) is 1.20. The van der Waals surface area contributed by atoms with E-state index in [9.17, 15) is 4.91 Å². The summed E-state index contributed by atoms with van der Waals surface area (Å²) in [4.78, 5) is 16.8. The van der Waals surface area contributed by atoms with Gasteiger partial charge in [-0.15, -0.1) is 4.91 Å². The summed E-state index contributed by atoms with van der Waals surface area (Å²) in [5.41, 5.74) is 5.20. The van der Waals surface area contributed by atoms with Crippen LogP contribution < -0.4 is 11.1 Å². The van der Waals surface area contributed by atoms with Crippen molar-refractivity contribution >= 4 is 6.02 Å². The number of aliphatic hydroxyl groups excluding tert-OH is 1. The standard InChI is InChI=1S/C3H6N4O3/c4-1-2(8)6-3(5-1)10-7-9/h1-2,8H,4H2,(H,5,6). The molecule has 0 saturated heterocycles. The van der Waals surface area contributed by atoms with Crippen molar-refractivity contribution in [1.29, 1.82) is 0 Å². The van der Waals surface area contributed by atoms with Gasteiger partial charge in [0, 0.05) is 0 Å². The highest BCUT2D eigenvalue weighted by Gasteiger charge is 2.24. The molecule has 0 saturated carbocycles. The van der Waals surface area contributed by atoms with E-state index in [1.165, 1.54) is 0 Å². The molecule has 0 aromatic heterocycles. The number of nitrogens with zero attached hydrogens (tertiary/aromatic N) is 2. The molecule has 0 radical (unpaired) electrons. The molecular formula is C3H6N4O3. The van der Waals surface area contributed by atoms with E-state index in [1.807, 2.05) is 0 Å². The van der Waals surface area contributed by atoms with Gasteiger partial charge in [-0.3, -0.25) is 4.84 Å². The first-order valence-corrected chi connectivity index (χ1v) is 2.51. The Morgan fingerprint density at radius 2 is 2.60 bits per heavy atom. The highest BCUT2D eigenvalue weighted by molar-refractivity contribution is 5.75. The summed E-state index contributed by atoms with van der Waals surface area (Å²) in [6.45, 7) is 0. The van der Waals surface area contributed by atoms with Crippen LogP contribution in [-0.4, -0.2) is 23.5 Å². The molecule has 0 aromatic rings. The van der Waals surface area contributed by atoms with Crippen molar-refractivity contribution < 1.29 is 9.94 Å². The molecule has 1 aliphatic rings. The third-order valence-corrected chi connectivity index (χ3v) is 0.985. The van der Waals surface area contributed by atoms with Crippen LogP contribution in [0.2, 0.25) is 0 Å². The normalized spacial score (nSPS) is 30.8. The van der Waals surface area contributed by atoms with Gasteiger partial charge in [0.2, 0.25) is 0 Å². The van der Waals surface area contributed by atoms with Crippen molar-refractivity contribution in [2.45, 2.75) is 12.4 Å². The minimum absolute atomic E-state index is 0.157. The highest BCUT2D eigenvalue weighted by atomic mass is 16.7. The fourth-order valence-corrected chi connectivity index (χ4v) is 0.540. The first kappa shape index (κ1) is 6.90. The van der Waals surface area contributed by atoms with Gasteiger partial charge in [-0.1, -0.05) is 0 Å². The van der Waals surface area contributed by atoms with Crippen molar-refractivity contribution in [2.75, 3.05) is 0 Å². The van der Waals surface area contributed by atoms with Gasteiger partial charge in [-0.25, -0.2) is 0 Å². The Balaban J connectivity index is 2.49. The molecule has 7 nitrogen and oxygen atoms in total. The Morgan fingerprint density at radius 3 is 3.00 bits per heavy atom. The second-order valence-electron chi connectivity index (χ2n) is 1.68. The molecule has 0 aliphatic carbocycles. The monoisotopic (exact) mass is 146 g/mol. The van der Waals surface area contributed by atoms with Crippen LogP contribution in [0.15, 0.2) is 10.3 Å². The van der Waals surface area contributed by atoms with Crippen LogP contribution in [0.3, 0.4) is 0 Å². The zero-order chi connectivity index (χ0) is 7.56. The van der Waals surface area contributed by atoms with Gasteiger partial charge < -0.3 is 16.2 Å². The number of rotatable bonds is 1. The molecule has 0 bridgehead atoms. The predicted octanol–water partition coefficient (Wildman–Crippen LogP) is -1.75. The number of aliphatic hydroxyl groups is 1. The van der Waals surface area contributed by atoms with Crippen LogP contribution in [0, 0.1) is 4.91 Å². The van der Waals surface area contributed by atoms with Crippen molar-refractivity contribution in [3.05, 3.63) is 4.91 Å². The number of nitrogens with two attached hydrogens (primary N) is 1. The summed E-state index contributed by atoms with van der Waals surface area (Å²) < 4.78 is 0. The van der Waals surface area contributed by atoms with Gasteiger partial charge in [0.25, 0.3) is 0 Å². The Bertz CT molecular complexity index is 169. The van der Waals surface area contributed by atoms with E-state index in [2.05, 4.69) is 20.5 Å². The lowest BCUT2D eigenvalue weighted by molar-refractivity contribution is 0.160. The largest absolute Gasteiger partial charge is 0.369 e. The third-order valence-electron chi connectivity index (χ3n) is 0.985. The predicted molar refractivity (Wildman–Crippen MR) is 31.4 cm³/mol. The van der Waals surface area contributed by atoms with Crippen molar-refractivity contribution in [3.8, 4) is 0 Å². The average Bonchev–Trinajstić information content (AvgIpc) is 2.14. The number of nitrogens with one attached hydrogen (secondary N) is 1. The summed E-state index contributed by atoms with van der Waals surface area (Å²) in [5.74, 6) is 0. The van der Waals surface area contributed by atoms with Crippen LogP contribution in [0.1, 0.15) is 0 Å². The minimum atomic E-state index is -1.07. The van der Waals surface area contributed by atoms with Crippen LogP contribution in [0.5, 0.6) is 0 Å². The van der Waals surface area contributed by atoms with E-state index in [-0.39, 0.29) is 6.02 Å². The van der Waals surface area contributed by atoms with Crippen LogP contribution in [0.4, 0.5) is 0 Å². The van der Waals surface area contributed by atoms with E-state index >= 15 is 0 Å². The molecule has 1 aliphatic heterocycles. The quantitative estimate of drug-likeness (QED) is 0.300. The molecule has 2 unspecified atom stereocenters. The van der Waals surface area contributed by atoms with Gasteiger partial charge in [-0.2, -0.15) is 4.99 Å². The molecule has 0 fully saturated rings. The SMILES string of the molecule is NC1NC(ON=O)=NC1O. The molecule has 0 spiro atoms. The second kappa shape index (κ2) is 2.58. The molecule has 56 valence electrons. The molecule has 2 atom stereocenters. The van der Waals surface area contributed by atoms with E-state index in [0.717, 1.165) is 0 Å². The molecule has 10 heavy (non-hydrogen) atoms. The first-order valence-electron chi connectivity index (χ1n) is 2.51. The van der Waals surface area contributed by atoms with Crippen LogP contribution >= 0.6 is 0 Å². The lowest BCUT2D eigenvalue weighted by Gasteiger charge is -2.04. The maximum absolute atomic E-state index is 9.46. The molecule has 1 rings (SSSR count). The minimum Gasteiger partial charge on any atom is -0.369 e. The number of amidine groups is 1. The molecular weight excluding hydrogens is 140 g/mol. The maximum atomic E-state index is 9.46. The van der Waals surface area contributed by atoms with E-state index in [0.29, 0.717) is 0 Å². The zero-order valence-corrected chi connectivity index (χ0v) is 4.89. The summed E-state index contributed by atoms with van der Waals surface area (Å²) in [6, 6.07) is -0.157. The molecule has 1 heterocycles. The smallest absolute Gasteiger partial charge is 0.322 e. The molecule has 7 heteroatoms. The average molecular weight is 146 g/mol. The van der Waals surface area contributed by atoms with Crippen molar-refractivity contribution in [1.82, 2.24) is 5.32 Å². The first-order chi connectivity index (χ1) is 4.74.